The number of carboxylic acid groups (broad SMARTS) is 1. The molecule has 0 atom stereocenters. The molecule has 2 nitrogen and oxygen atoms in total. The van der Waals surface area contributed by atoms with Gasteiger partial charge in [-0.1, -0.05) is 70.6 Å². The van der Waals surface area contributed by atoms with Crippen molar-refractivity contribution < 1.29 is 49.4 Å². The van der Waals surface area contributed by atoms with E-state index < -0.39 is 42.8 Å². The maximum Gasteiger partial charge on any atom is 0.412 e. The van der Waals surface area contributed by atoms with Crippen LogP contribution in [0.25, 0.3) is 0 Å². The van der Waals surface area contributed by atoms with Crippen molar-refractivity contribution in [3.05, 3.63) is 0 Å². The normalized spacial score (nSPS) is 13.6. The predicted molar refractivity (Wildman–Crippen MR) is 92.9 cm³/mol. The highest BCUT2D eigenvalue weighted by Gasteiger charge is 2.82. The molecular weight excluding hydrogens is 431 g/mol. The maximum absolute atomic E-state index is 12.8. The highest BCUT2D eigenvalue weighted by atomic mass is 19.4. The lowest BCUT2D eigenvalue weighted by Crippen LogP contribution is -2.59. The van der Waals surface area contributed by atoms with Crippen LogP contribution in [0.5, 0.6) is 0 Å². The number of hydrogen-bond donors (Lipinski definition) is 1. The number of rotatable bonds is 15. The second-order valence-electron chi connectivity index (χ2n) is 7.53. The third-order valence-corrected chi connectivity index (χ3v) is 5.14. The lowest BCUT2D eigenvalue weighted by atomic mass is 9.80. The fourth-order valence-corrected chi connectivity index (χ4v) is 3.34. The standard InChI is InChI=1S/C19H29F9O2/c20-17(21,22)16(18(23,24)25,19(26,27)28)14-12-10-8-6-4-2-1-3-5-7-9-11-13-15(29)30/h1-14H2,(H,29,30). The summed E-state index contributed by atoms with van der Waals surface area (Å²) in [6.45, 7) is 0. The average Bonchev–Trinajstić information content (AvgIpc) is 2.54. The SMILES string of the molecule is O=C(O)CCCCCCCCCCCCCCC(C(F)(F)F)(C(F)(F)F)C(F)(F)F. The third-order valence-electron chi connectivity index (χ3n) is 5.14. The molecule has 180 valence electrons. The van der Waals surface area contributed by atoms with Gasteiger partial charge in [-0.05, 0) is 12.8 Å². The molecule has 0 fully saturated rings. The number of unbranched alkanes of at least 4 members (excludes halogenated alkanes) is 11. The van der Waals surface area contributed by atoms with Crippen LogP contribution in [0.2, 0.25) is 0 Å². The van der Waals surface area contributed by atoms with Crippen LogP contribution in [-0.4, -0.2) is 29.6 Å². The summed E-state index contributed by atoms with van der Waals surface area (Å²) in [7, 11) is 0. The minimum Gasteiger partial charge on any atom is -0.481 e. The number of alkyl halides is 9. The molecule has 0 radical (unpaired) electrons. The van der Waals surface area contributed by atoms with Gasteiger partial charge in [0, 0.05) is 6.42 Å². The summed E-state index contributed by atoms with van der Waals surface area (Å²) < 4.78 is 115. The zero-order valence-corrected chi connectivity index (χ0v) is 16.7. The van der Waals surface area contributed by atoms with Crippen LogP contribution in [0, 0.1) is 5.41 Å². The molecule has 0 aromatic rings. The molecule has 0 rings (SSSR count). The van der Waals surface area contributed by atoms with Gasteiger partial charge in [-0.15, -0.1) is 0 Å². The van der Waals surface area contributed by atoms with Crippen LogP contribution in [-0.2, 0) is 4.79 Å². The summed E-state index contributed by atoms with van der Waals surface area (Å²) in [6.07, 6.45) is -14.7. The van der Waals surface area contributed by atoms with Crippen molar-refractivity contribution in [1.82, 2.24) is 0 Å². The Morgan fingerprint density at radius 2 is 0.767 bits per heavy atom. The topological polar surface area (TPSA) is 37.3 Å². The van der Waals surface area contributed by atoms with Crippen LogP contribution >= 0.6 is 0 Å². The maximum atomic E-state index is 12.8. The van der Waals surface area contributed by atoms with Crippen molar-refractivity contribution in [2.75, 3.05) is 0 Å². The van der Waals surface area contributed by atoms with E-state index in [1.807, 2.05) is 0 Å². The molecule has 0 aliphatic heterocycles. The van der Waals surface area contributed by atoms with E-state index in [4.69, 9.17) is 5.11 Å². The molecule has 0 aromatic heterocycles. The van der Waals surface area contributed by atoms with Gasteiger partial charge >= 0.3 is 24.5 Å². The molecule has 0 heterocycles. The number of carbonyl (C=O) groups is 1. The van der Waals surface area contributed by atoms with E-state index in [-0.39, 0.29) is 19.3 Å². The number of halogens is 9. The van der Waals surface area contributed by atoms with Crippen LogP contribution < -0.4 is 0 Å². The summed E-state index contributed by atoms with van der Waals surface area (Å²) in [5, 5.41) is 8.49. The average molecular weight is 460 g/mol. The molecule has 0 aliphatic rings. The van der Waals surface area contributed by atoms with Crippen LogP contribution in [0.1, 0.15) is 89.9 Å². The van der Waals surface area contributed by atoms with Gasteiger partial charge in [0.2, 0.25) is 0 Å². The van der Waals surface area contributed by atoms with Gasteiger partial charge in [0.25, 0.3) is 5.41 Å². The Morgan fingerprint density at radius 3 is 1.03 bits per heavy atom. The minimum absolute atomic E-state index is 0.131. The monoisotopic (exact) mass is 460 g/mol. The van der Waals surface area contributed by atoms with E-state index in [9.17, 15) is 44.3 Å². The highest BCUT2D eigenvalue weighted by Crippen LogP contribution is 2.61. The van der Waals surface area contributed by atoms with E-state index in [2.05, 4.69) is 0 Å². The molecule has 11 heteroatoms. The number of carboxylic acids is 1. The summed E-state index contributed by atoms with van der Waals surface area (Å²) in [5.74, 6) is -0.823. The first-order chi connectivity index (χ1) is 13.7. The van der Waals surface area contributed by atoms with Crippen molar-refractivity contribution in [1.29, 1.82) is 0 Å². The van der Waals surface area contributed by atoms with E-state index in [1.165, 1.54) is 0 Å². The molecule has 0 aliphatic carbocycles. The van der Waals surface area contributed by atoms with Crippen molar-refractivity contribution in [3.8, 4) is 0 Å². The lowest BCUT2D eigenvalue weighted by Gasteiger charge is -2.38. The zero-order valence-electron chi connectivity index (χ0n) is 16.7. The minimum atomic E-state index is -6.46. The molecule has 0 saturated carbocycles. The van der Waals surface area contributed by atoms with Gasteiger partial charge in [0.1, 0.15) is 0 Å². The van der Waals surface area contributed by atoms with E-state index >= 15 is 0 Å². The van der Waals surface area contributed by atoms with Crippen molar-refractivity contribution in [3.63, 3.8) is 0 Å². The van der Waals surface area contributed by atoms with Gasteiger partial charge < -0.3 is 5.11 Å². The fourth-order valence-electron chi connectivity index (χ4n) is 3.34. The summed E-state index contributed by atoms with van der Waals surface area (Å²) in [5.41, 5.74) is -5.68. The Morgan fingerprint density at radius 1 is 0.500 bits per heavy atom. The smallest absolute Gasteiger partial charge is 0.412 e. The van der Waals surface area contributed by atoms with Crippen LogP contribution in [0.4, 0.5) is 39.5 Å². The molecule has 1 N–H and O–H groups in total. The Bertz CT molecular complexity index is 446. The Kier molecular flexibility index (Phi) is 12.1. The summed E-state index contributed by atoms with van der Waals surface area (Å²) in [6, 6.07) is 0. The molecule has 0 amide bonds. The van der Waals surface area contributed by atoms with Gasteiger partial charge in [-0.2, -0.15) is 39.5 Å². The van der Waals surface area contributed by atoms with Crippen LogP contribution in [0.3, 0.4) is 0 Å². The highest BCUT2D eigenvalue weighted by molar-refractivity contribution is 5.66. The Hall–Kier alpha value is -1.16. The quantitative estimate of drug-likeness (QED) is 0.198. The summed E-state index contributed by atoms with van der Waals surface area (Å²) >= 11 is 0. The predicted octanol–water partition coefficient (Wildman–Crippen LogP) is 8.21. The molecule has 30 heavy (non-hydrogen) atoms. The Balaban J connectivity index is 4.06. The van der Waals surface area contributed by atoms with Gasteiger partial charge in [-0.3, -0.25) is 4.79 Å². The first-order valence-electron chi connectivity index (χ1n) is 10.1. The first kappa shape index (κ1) is 28.8. The molecule has 0 aromatic carbocycles. The van der Waals surface area contributed by atoms with Crippen LogP contribution in [0.15, 0.2) is 0 Å². The van der Waals surface area contributed by atoms with E-state index in [1.54, 1.807) is 0 Å². The number of hydrogen-bond acceptors (Lipinski definition) is 1. The third kappa shape index (κ3) is 9.32. The van der Waals surface area contributed by atoms with Crippen molar-refractivity contribution >= 4 is 5.97 Å². The van der Waals surface area contributed by atoms with E-state index in [0.717, 1.165) is 38.5 Å². The molecule has 0 saturated heterocycles. The van der Waals surface area contributed by atoms with E-state index in [0.29, 0.717) is 19.3 Å². The fraction of sp³-hybridized carbons (Fsp3) is 0.947. The molecule has 0 spiro atoms. The van der Waals surface area contributed by atoms with Gasteiger partial charge in [0.15, 0.2) is 0 Å². The Labute approximate surface area is 170 Å². The first-order valence-corrected chi connectivity index (χ1v) is 10.1. The second-order valence-corrected chi connectivity index (χ2v) is 7.53. The second kappa shape index (κ2) is 12.6. The molecular formula is C19H29F9O2. The van der Waals surface area contributed by atoms with Gasteiger partial charge in [-0.25, -0.2) is 0 Å². The summed E-state index contributed by atoms with van der Waals surface area (Å²) in [4.78, 5) is 10.3. The van der Waals surface area contributed by atoms with Crippen molar-refractivity contribution in [2.45, 2.75) is 108 Å². The molecule has 0 unspecified atom stereocenters. The molecule has 0 bridgehead atoms. The number of aliphatic carboxylic acids is 1. The van der Waals surface area contributed by atoms with Crippen molar-refractivity contribution in [2.24, 2.45) is 5.41 Å². The van der Waals surface area contributed by atoms with Gasteiger partial charge in [0.05, 0.1) is 0 Å². The zero-order chi connectivity index (χ0) is 23.5. The largest absolute Gasteiger partial charge is 0.481 e. The lowest BCUT2D eigenvalue weighted by molar-refractivity contribution is -0.429.